The van der Waals surface area contributed by atoms with E-state index in [0.29, 0.717) is 22.5 Å². The Hall–Kier alpha value is -3.02. The first kappa shape index (κ1) is 14.4. The Kier molecular flexibility index (Phi) is 4.40. The van der Waals surface area contributed by atoms with E-state index >= 15 is 0 Å². The Bertz CT molecular complexity index is 711. The minimum atomic E-state index is -1.06. The molecule has 2 N–H and O–H groups in total. The van der Waals surface area contributed by atoms with Crippen LogP contribution in [0.5, 0.6) is 0 Å². The summed E-state index contributed by atoms with van der Waals surface area (Å²) in [6.07, 6.45) is 6.90. The van der Waals surface area contributed by atoms with Gasteiger partial charge >= 0.3 is 5.97 Å². The molecule has 0 aromatic carbocycles. The highest BCUT2D eigenvalue weighted by Crippen LogP contribution is 2.13. The quantitative estimate of drug-likeness (QED) is 0.839. The number of rotatable bonds is 4. The van der Waals surface area contributed by atoms with Gasteiger partial charge in [-0.15, -0.1) is 0 Å². The highest BCUT2D eigenvalue weighted by atomic mass is 16.4. The fourth-order valence-corrected chi connectivity index (χ4v) is 1.65. The number of amides is 1. The van der Waals surface area contributed by atoms with Gasteiger partial charge in [-0.2, -0.15) is 0 Å². The summed E-state index contributed by atoms with van der Waals surface area (Å²) in [6.45, 7) is 1.79. The van der Waals surface area contributed by atoms with Gasteiger partial charge in [-0.05, 0) is 36.8 Å². The van der Waals surface area contributed by atoms with Crippen LogP contribution < -0.4 is 5.32 Å². The zero-order valence-electron chi connectivity index (χ0n) is 11.3. The van der Waals surface area contributed by atoms with E-state index in [-0.39, 0.29) is 5.91 Å². The van der Waals surface area contributed by atoms with Crippen LogP contribution in [0.3, 0.4) is 0 Å². The van der Waals surface area contributed by atoms with Gasteiger partial charge in [0.2, 0.25) is 0 Å². The van der Waals surface area contributed by atoms with Crippen molar-refractivity contribution in [1.82, 2.24) is 9.97 Å². The van der Waals surface area contributed by atoms with Crippen molar-refractivity contribution in [2.24, 2.45) is 0 Å². The number of aliphatic carboxylic acids is 1. The Morgan fingerprint density at radius 2 is 2.14 bits per heavy atom. The number of hydrogen-bond donors (Lipinski definition) is 2. The monoisotopic (exact) mass is 283 g/mol. The third-order valence-electron chi connectivity index (χ3n) is 2.70. The second-order valence-corrected chi connectivity index (χ2v) is 4.27. The summed E-state index contributed by atoms with van der Waals surface area (Å²) in [5.41, 5.74) is 2.20. The lowest BCUT2D eigenvalue weighted by atomic mass is 10.2. The van der Waals surface area contributed by atoms with Crippen LogP contribution in [0.2, 0.25) is 0 Å². The van der Waals surface area contributed by atoms with E-state index < -0.39 is 5.97 Å². The molecule has 0 radical (unpaired) electrons. The average Bonchev–Trinajstić information content (AvgIpc) is 2.48. The first-order valence-corrected chi connectivity index (χ1v) is 6.15. The minimum absolute atomic E-state index is 0.329. The summed E-state index contributed by atoms with van der Waals surface area (Å²) in [7, 11) is 0. The molecule has 0 fully saturated rings. The fourth-order valence-electron chi connectivity index (χ4n) is 1.65. The molecule has 0 atom stereocenters. The Balaban J connectivity index is 2.18. The third kappa shape index (κ3) is 3.97. The summed E-state index contributed by atoms with van der Waals surface area (Å²) in [5.74, 6) is -1.39. The van der Waals surface area contributed by atoms with Crippen molar-refractivity contribution in [3.63, 3.8) is 0 Å². The van der Waals surface area contributed by atoms with Crippen molar-refractivity contribution in [2.45, 2.75) is 6.92 Å². The molecule has 0 aliphatic carbocycles. The number of anilines is 1. The number of nitrogens with zero attached hydrogens (tertiary/aromatic N) is 2. The summed E-state index contributed by atoms with van der Waals surface area (Å²) in [6, 6.07) is 5.04. The molecular weight excluding hydrogens is 270 g/mol. The van der Waals surface area contributed by atoms with E-state index in [1.54, 1.807) is 31.3 Å². The van der Waals surface area contributed by atoms with Gasteiger partial charge in [0.05, 0.1) is 16.9 Å². The third-order valence-corrected chi connectivity index (χ3v) is 2.70. The zero-order chi connectivity index (χ0) is 15.2. The standard InChI is InChI=1S/C15H13N3O3/c1-10-13(3-2-6-17-10)18-15(21)12-7-11(8-16-9-12)4-5-14(19)20/h2-9H,1H3,(H,18,21)(H,19,20). The molecule has 2 aromatic heterocycles. The van der Waals surface area contributed by atoms with Crippen LogP contribution in [-0.4, -0.2) is 27.0 Å². The molecule has 106 valence electrons. The number of carbonyl (C=O) groups excluding carboxylic acids is 1. The first-order valence-electron chi connectivity index (χ1n) is 6.15. The second kappa shape index (κ2) is 6.42. The van der Waals surface area contributed by atoms with Gasteiger partial charge in [-0.1, -0.05) is 0 Å². The number of nitrogens with one attached hydrogen (secondary N) is 1. The highest BCUT2D eigenvalue weighted by molar-refractivity contribution is 6.04. The van der Waals surface area contributed by atoms with Gasteiger partial charge in [0.1, 0.15) is 0 Å². The van der Waals surface area contributed by atoms with E-state index in [0.717, 1.165) is 6.08 Å². The van der Waals surface area contributed by atoms with E-state index in [1.165, 1.54) is 18.5 Å². The molecule has 2 rings (SSSR count). The second-order valence-electron chi connectivity index (χ2n) is 4.27. The summed E-state index contributed by atoms with van der Waals surface area (Å²) >= 11 is 0. The maximum absolute atomic E-state index is 12.1. The molecule has 2 heterocycles. The smallest absolute Gasteiger partial charge is 0.328 e. The van der Waals surface area contributed by atoms with Crippen molar-refractivity contribution in [2.75, 3.05) is 5.32 Å². The maximum Gasteiger partial charge on any atom is 0.328 e. The topological polar surface area (TPSA) is 92.2 Å². The van der Waals surface area contributed by atoms with Gasteiger partial charge in [0.15, 0.2) is 0 Å². The molecule has 0 saturated heterocycles. The number of aryl methyl sites for hydroxylation is 1. The molecular formula is C15H13N3O3. The van der Waals surface area contributed by atoms with Crippen molar-refractivity contribution in [3.05, 3.63) is 59.7 Å². The number of carboxylic acid groups (broad SMARTS) is 1. The molecule has 0 unspecified atom stereocenters. The van der Waals surface area contributed by atoms with Crippen LogP contribution >= 0.6 is 0 Å². The van der Waals surface area contributed by atoms with E-state index in [4.69, 9.17) is 5.11 Å². The number of carboxylic acids is 1. The van der Waals surface area contributed by atoms with Crippen LogP contribution in [0.25, 0.3) is 6.08 Å². The predicted molar refractivity (Wildman–Crippen MR) is 77.8 cm³/mol. The number of carbonyl (C=O) groups is 2. The van der Waals surface area contributed by atoms with E-state index in [1.807, 2.05) is 0 Å². The summed E-state index contributed by atoms with van der Waals surface area (Å²) in [4.78, 5) is 30.6. The predicted octanol–water partition coefficient (Wildman–Crippen LogP) is 2.14. The molecule has 6 nitrogen and oxygen atoms in total. The molecule has 0 bridgehead atoms. The highest BCUT2D eigenvalue weighted by Gasteiger charge is 2.08. The van der Waals surface area contributed by atoms with Crippen LogP contribution in [0.15, 0.2) is 42.9 Å². The van der Waals surface area contributed by atoms with Gasteiger partial charge in [0.25, 0.3) is 5.91 Å². The summed E-state index contributed by atoms with van der Waals surface area (Å²) < 4.78 is 0. The molecule has 0 spiro atoms. The van der Waals surface area contributed by atoms with E-state index in [9.17, 15) is 9.59 Å². The Morgan fingerprint density at radius 1 is 1.33 bits per heavy atom. The lowest BCUT2D eigenvalue weighted by Gasteiger charge is -2.07. The zero-order valence-corrected chi connectivity index (χ0v) is 11.3. The van der Waals surface area contributed by atoms with Crippen LogP contribution in [0.1, 0.15) is 21.6 Å². The lowest BCUT2D eigenvalue weighted by Crippen LogP contribution is -2.13. The minimum Gasteiger partial charge on any atom is -0.478 e. The maximum atomic E-state index is 12.1. The molecule has 2 aromatic rings. The number of hydrogen-bond acceptors (Lipinski definition) is 4. The largest absolute Gasteiger partial charge is 0.478 e. The Morgan fingerprint density at radius 3 is 2.86 bits per heavy atom. The van der Waals surface area contributed by atoms with Gasteiger partial charge in [0, 0.05) is 24.7 Å². The number of aromatic nitrogens is 2. The SMILES string of the molecule is Cc1ncccc1NC(=O)c1cncc(C=CC(=O)O)c1. The average molecular weight is 283 g/mol. The number of pyridine rings is 2. The molecule has 1 amide bonds. The molecule has 21 heavy (non-hydrogen) atoms. The van der Waals surface area contributed by atoms with Crippen LogP contribution in [-0.2, 0) is 4.79 Å². The van der Waals surface area contributed by atoms with Gasteiger partial charge in [-0.25, -0.2) is 4.79 Å². The summed E-state index contributed by atoms with van der Waals surface area (Å²) in [5, 5.41) is 11.3. The van der Waals surface area contributed by atoms with Crippen molar-refractivity contribution >= 4 is 23.6 Å². The van der Waals surface area contributed by atoms with Gasteiger partial charge in [-0.3, -0.25) is 14.8 Å². The molecule has 6 heteroatoms. The molecule has 0 saturated carbocycles. The van der Waals surface area contributed by atoms with Crippen LogP contribution in [0, 0.1) is 6.92 Å². The molecule has 0 aliphatic heterocycles. The van der Waals surface area contributed by atoms with Crippen LogP contribution in [0.4, 0.5) is 5.69 Å². The van der Waals surface area contributed by atoms with Crippen molar-refractivity contribution in [3.8, 4) is 0 Å². The van der Waals surface area contributed by atoms with Crippen molar-refractivity contribution in [1.29, 1.82) is 0 Å². The molecule has 0 aliphatic rings. The first-order chi connectivity index (χ1) is 10.1. The fraction of sp³-hybridized carbons (Fsp3) is 0.0667. The normalized spacial score (nSPS) is 10.5. The van der Waals surface area contributed by atoms with Gasteiger partial charge < -0.3 is 10.4 Å². The Labute approximate surface area is 121 Å². The van der Waals surface area contributed by atoms with E-state index in [2.05, 4.69) is 15.3 Å². The lowest BCUT2D eigenvalue weighted by molar-refractivity contribution is -0.131. The van der Waals surface area contributed by atoms with Crippen molar-refractivity contribution < 1.29 is 14.7 Å².